The first kappa shape index (κ1) is 82.2. The molecule has 1 aliphatic carbocycles. The van der Waals surface area contributed by atoms with Crippen molar-refractivity contribution in [2.75, 3.05) is 121 Å². The molecule has 0 radical (unpaired) electrons. The van der Waals surface area contributed by atoms with E-state index in [1.54, 1.807) is 35.2 Å². The number of aliphatic hydroxyl groups is 1. The number of hydrogen-bond acceptors (Lipinski definition) is 19. The number of thioether (sulfide) groups is 1. The third-order valence-corrected chi connectivity index (χ3v) is 25.6. The second kappa shape index (κ2) is 38.0. The summed E-state index contributed by atoms with van der Waals surface area (Å²) >= 11 is 9.63. The summed E-state index contributed by atoms with van der Waals surface area (Å²) in [6, 6.07) is 34.2. The van der Waals surface area contributed by atoms with E-state index in [0.29, 0.717) is 62.8 Å². The van der Waals surface area contributed by atoms with E-state index in [1.807, 2.05) is 124 Å². The van der Waals surface area contributed by atoms with Crippen molar-refractivity contribution in [1.82, 2.24) is 44.8 Å². The third-order valence-electron chi connectivity index (χ3n) is 21.8. The summed E-state index contributed by atoms with van der Waals surface area (Å²) in [5, 5.41) is 33.4. The van der Waals surface area contributed by atoms with Crippen LogP contribution in [0.25, 0.3) is 16.0 Å². The molecule has 0 spiro atoms. The molecular weight excluding hydrogens is 1460 g/mol. The predicted octanol–water partition coefficient (Wildman–Crippen LogP) is 12.1. The lowest BCUT2D eigenvalue weighted by Crippen LogP contribution is -2.57. The quantitative estimate of drug-likeness (QED) is 0.0117. The van der Waals surface area contributed by atoms with Gasteiger partial charge in [-0.05, 0) is 153 Å². The van der Waals surface area contributed by atoms with E-state index >= 15 is 0 Å². The molecule has 0 bridgehead atoms. The number of nitrogens with one attached hydrogen (secondary N) is 4. The average Bonchev–Trinajstić information content (AvgIpc) is 1.78. The minimum Gasteiger partial charge on any atom is -0.391 e. The monoisotopic (exact) mass is 1570 g/mol. The Hall–Kier alpha value is -7.79. The van der Waals surface area contributed by atoms with Gasteiger partial charge in [0.25, 0.3) is 21.6 Å². The summed E-state index contributed by atoms with van der Waals surface area (Å²) in [4.78, 5) is 100.0. The smallest absolute Gasteiger partial charge is 0.293 e. The zero-order valence-corrected chi connectivity index (χ0v) is 66.9. The summed E-state index contributed by atoms with van der Waals surface area (Å²) in [7, 11) is -4.52. The van der Waals surface area contributed by atoms with E-state index in [4.69, 9.17) is 16.3 Å². The molecule has 11 rings (SSSR count). The van der Waals surface area contributed by atoms with Crippen LogP contribution < -0.4 is 25.6 Å². The van der Waals surface area contributed by atoms with Gasteiger partial charge in [-0.15, -0.1) is 23.1 Å². The maximum Gasteiger partial charge on any atom is 0.293 e. The zero-order valence-electron chi connectivity index (χ0n) is 63.7. The van der Waals surface area contributed by atoms with E-state index in [1.165, 1.54) is 33.7 Å². The molecule has 0 saturated carbocycles. The van der Waals surface area contributed by atoms with Gasteiger partial charge in [-0.3, -0.25) is 43.9 Å². The van der Waals surface area contributed by atoms with Gasteiger partial charge in [0.05, 0.1) is 44.7 Å². The molecule has 6 aromatic rings. The van der Waals surface area contributed by atoms with Gasteiger partial charge in [0.15, 0.2) is 0 Å². The largest absolute Gasteiger partial charge is 0.391 e. The summed E-state index contributed by atoms with van der Waals surface area (Å²) in [5.41, 5.74) is 8.84. The normalized spacial score (nSPS) is 20.1. The number of sulfonamides is 1. The number of aryl methyl sites for hydroxylation is 1. The summed E-state index contributed by atoms with van der Waals surface area (Å²) < 4.78 is 35.3. The summed E-state index contributed by atoms with van der Waals surface area (Å²) in [6.45, 7) is 23.5. The third kappa shape index (κ3) is 22.7. The number of rotatable bonds is 31. The molecule has 5 amide bonds. The highest BCUT2D eigenvalue weighted by Crippen LogP contribution is 2.45. The molecule has 6 atom stereocenters. The van der Waals surface area contributed by atoms with E-state index in [2.05, 4.69) is 64.3 Å². The van der Waals surface area contributed by atoms with Crippen molar-refractivity contribution in [3.63, 3.8) is 0 Å². The number of piperazine rings is 2. The lowest BCUT2D eigenvalue weighted by atomic mass is 9.71. The van der Waals surface area contributed by atoms with Crippen LogP contribution in [-0.4, -0.2) is 212 Å². The number of nitro benzene ring substituents is 1. The van der Waals surface area contributed by atoms with E-state index < -0.39 is 60.9 Å². The number of aliphatic hydroxyl groups excluding tert-OH is 1. The Morgan fingerprint density at radius 3 is 2.20 bits per heavy atom. The molecule has 109 heavy (non-hydrogen) atoms. The van der Waals surface area contributed by atoms with Crippen LogP contribution in [0.5, 0.6) is 0 Å². The molecule has 4 saturated heterocycles. The molecule has 586 valence electrons. The second-order valence-corrected chi connectivity index (χ2v) is 35.3. The number of benzene rings is 5. The summed E-state index contributed by atoms with van der Waals surface area (Å²) in [5.74, 6) is -1.11. The lowest BCUT2D eigenvalue weighted by molar-refractivity contribution is -0.384. The number of nitrogens with zero attached hydrogens (tertiary/aromatic N) is 8. The Bertz CT molecular complexity index is 4240. The number of halogens is 1. The van der Waals surface area contributed by atoms with E-state index in [-0.39, 0.29) is 65.9 Å². The van der Waals surface area contributed by atoms with Crippen LogP contribution in [0.15, 0.2) is 142 Å². The van der Waals surface area contributed by atoms with Crippen LogP contribution in [0, 0.1) is 27.9 Å². The first-order valence-electron chi connectivity index (χ1n) is 38.5. The fourth-order valence-corrected chi connectivity index (χ4v) is 18.5. The van der Waals surface area contributed by atoms with Crippen molar-refractivity contribution in [2.45, 2.75) is 159 Å². The summed E-state index contributed by atoms with van der Waals surface area (Å²) in [6.07, 6.45) is 7.23. The predicted molar refractivity (Wildman–Crippen MR) is 431 cm³/mol. The molecule has 5 N–H and O–H groups in total. The standard InChI is InChI=1S/C82H107ClN12O11S3/c1-57(59-19-21-61(22-20-59)76-58(2)84-56-108-76)85-79(100)73-49-67(96)53-94(73)80(101)77(81(3,4)5)87-74(97)17-12-7-8-13-18-75(98)93-44-40-91(41-45-93)55-82(6)35-33-70(60-23-27-64(83)28-24-60)63(51-82)52-90-38-42-92(43-39-90)66-29-25-62(26-30-66)78(99)88-109(104,105)69-31-32-71(72(50-69)95(102)103)86-65(54-107-68-15-10-9-11-16-68)34-37-89-36-14-47-106-48-46-89/h9-11,15-16,19-32,50,56-57,65,67,73,77,86,96H,7-8,12-14,17-18,33-49,51-55H2,1-6H3,(H,85,100)(H,87,97)(H,88,99)/t57-,65+,67+,73-,77+,82+/m0/s1. The number of hydrogen-bond donors (Lipinski definition) is 5. The van der Waals surface area contributed by atoms with Crippen molar-refractivity contribution in [3.05, 3.63) is 170 Å². The van der Waals surface area contributed by atoms with Crippen molar-refractivity contribution in [1.29, 1.82) is 0 Å². The number of β-amino-alcohol motifs (C(OH)–C–C–N with tert-alkyl or cyclic N) is 1. The van der Waals surface area contributed by atoms with Crippen LogP contribution in [0.3, 0.4) is 0 Å². The van der Waals surface area contributed by atoms with Crippen molar-refractivity contribution >= 4 is 96.9 Å². The Balaban J connectivity index is 0.606. The van der Waals surface area contributed by atoms with Gasteiger partial charge in [0.2, 0.25) is 23.6 Å². The molecule has 27 heteroatoms. The maximum absolute atomic E-state index is 14.3. The SMILES string of the molecule is Cc1ncsc1-c1ccc([C@H](C)NC(=O)[C@@H]2C[C@@H](O)CN2C(=O)[C@@H](NC(=O)CCCCCCC(=O)N2CCN(C[C@]3(C)CCC(c4ccc(Cl)cc4)=C(CN4CCN(c5ccc(C(=O)NS(=O)(=O)c6ccc(N[C@H](CCN7CCCOCC7)CSc7ccccc7)c([N+](=O)[O-])c6)cc5)CC4)C3)CC2)C(C)(C)C)cc1. The van der Waals surface area contributed by atoms with Crippen LogP contribution in [0.1, 0.15) is 145 Å². The number of allylic oxidation sites excluding steroid dienone is 1. The molecule has 4 fully saturated rings. The van der Waals surface area contributed by atoms with Gasteiger partial charge < -0.3 is 45.4 Å². The van der Waals surface area contributed by atoms with Crippen molar-refractivity contribution in [2.24, 2.45) is 10.8 Å². The number of amides is 5. The van der Waals surface area contributed by atoms with Gasteiger partial charge in [-0.25, -0.2) is 18.1 Å². The van der Waals surface area contributed by atoms with Crippen molar-refractivity contribution < 1.29 is 47.2 Å². The molecule has 5 heterocycles. The highest BCUT2D eigenvalue weighted by Gasteiger charge is 2.45. The number of likely N-dealkylation sites (tertiary alicyclic amines) is 1. The van der Waals surface area contributed by atoms with Crippen LogP contribution in [0.4, 0.5) is 17.1 Å². The molecule has 0 unspecified atom stereocenters. The number of unbranched alkanes of at least 4 members (excludes halogenated alkanes) is 3. The number of anilines is 2. The molecule has 5 aliphatic rings. The highest BCUT2D eigenvalue weighted by molar-refractivity contribution is 7.99. The van der Waals surface area contributed by atoms with Gasteiger partial charge >= 0.3 is 0 Å². The minimum absolute atomic E-state index is 0.00906. The molecule has 4 aliphatic heterocycles. The van der Waals surface area contributed by atoms with Crippen LogP contribution in [0.2, 0.25) is 5.02 Å². The average molecular weight is 1570 g/mol. The van der Waals surface area contributed by atoms with Gasteiger partial charge in [0, 0.05) is 157 Å². The number of thiazole rings is 1. The van der Waals surface area contributed by atoms with Crippen molar-refractivity contribution in [3.8, 4) is 10.4 Å². The van der Waals surface area contributed by atoms with Gasteiger partial charge in [-0.2, -0.15) is 0 Å². The first-order chi connectivity index (χ1) is 52.2. The Morgan fingerprint density at radius 2 is 1.51 bits per heavy atom. The number of carbonyl (C=O) groups is 5. The zero-order chi connectivity index (χ0) is 77.4. The fourth-order valence-electron chi connectivity index (χ4n) is 15.6. The molecule has 5 aromatic carbocycles. The molecule has 23 nitrogen and oxygen atoms in total. The number of aromatic nitrogens is 1. The second-order valence-electron chi connectivity index (χ2n) is 31.3. The minimum atomic E-state index is -4.52. The number of nitro groups is 1. The molecular formula is C82H107ClN12O11S3. The first-order valence-corrected chi connectivity index (χ1v) is 42.2. The Kier molecular flexibility index (Phi) is 28.6. The Morgan fingerprint density at radius 1 is 0.817 bits per heavy atom. The van der Waals surface area contributed by atoms with E-state index in [9.17, 15) is 47.6 Å². The highest BCUT2D eigenvalue weighted by atomic mass is 35.5. The van der Waals surface area contributed by atoms with Crippen LogP contribution >= 0.6 is 34.7 Å². The Labute approximate surface area is 655 Å². The van der Waals surface area contributed by atoms with Gasteiger partial charge in [-0.1, -0.05) is 112 Å². The van der Waals surface area contributed by atoms with Crippen LogP contribution in [-0.2, 0) is 33.9 Å². The maximum atomic E-state index is 14.3. The lowest BCUT2D eigenvalue weighted by Gasteiger charge is -2.44. The molecule has 1 aromatic heterocycles. The van der Waals surface area contributed by atoms with E-state index in [0.717, 1.165) is 149 Å². The number of carbonyl (C=O) groups excluding carboxylic acids is 5. The van der Waals surface area contributed by atoms with Gasteiger partial charge in [0.1, 0.15) is 17.8 Å². The number of ether oxygens (including phenoxy) is 1. The topological polar surface area (TPSA) is 273 Å². The fraction of sp³-hybridized carbons (Fsp3) is 0.512.